The molecule has 112 valence electrons. The van der Waals surface area contributed by atoms with Gasteiger partial charge in [-0.1, -0.05) is 12.1 Å². The highest BCUT2D eigenvalue weighted by atomic mass is 19.4. The van der Waals surface area contributed by atoms with Gasteiger partial charge in [0.05, 0.1) is 11.8 Å². The van der Waals surface area contributed by atoms with E-state index in [9.17, 15) is 18.0 Å². The molecular weight excluding hydrogens is 285 g/mol. The van der Waals surface area contributed by atoms with Crippen molar-refractivity contribution >= 4 is 0 Å². The van der Waals surface area contributed by atoms with Gasteiger partial charge in [-0.3, -0.25) is 4.79 Å². The van der Waals surface area contributed by atoms with Gasteiger partial charge in [-0.25, -0.2) is 4.98 Å². The average Bonchev–Trinajstić information content (AvgIpc) is 2.37. The lowest BCUT2D eigenvalue weighted by atomic mass is 10.1. The molecule has 21 heavy (non-hydrogen) atoms. The molecule has 7 heteroatoms. The lowest BCUT2D eigenvalue weighted by molar-refractivity contribution is -0.145. The molecule has 1 aromatic carbocycles. The number of hydrogen-bond acceptors (Lipinski definition) is 3. The van der Waals surface area contributed by atoms with Crippen molar-refractivity contribution in [3.63, 3.8) is 0 Å². The Hall–Kier alpha value is -2.31. The summed E-state index contributed by atoms with van der Waals surface area (Å²) in [5.74, 6) is -0.955. The van der Waals surface area contributed by atoms with Crippen molar-refractivity contribution in [1.29, 1.82) is 0 Å². The summed E-state index contributed by atoms with van der Waals surface area (Å²) in [6, 6.07) is 7.51. The summed E-state index contributed by atoms with van der Waals surface area (Å²) in [5, 5.41) is 0. The maximum Gasteiger partial charge on any atom is 0.449 e. The molecule has 0 aliphatic heterocycles. The minimum absolute atomic E-state index is 0.0812. The van der Waals surface area contributed by atoms with Crippen molar-refractivity contribution in [3.05, 3.63) is 46.5 Å². The third-order valence-corrected chi connectivity index (χ3v) is 2.54. The molecular formula is C14H13F3N2O2. The van der Waals surface area contributed by atoms with E-state index >= 15 is 0 Å². The number of halogens is 3. The Morgan fingerprint density at radius 3 is 2.52 bits per heavy atom. The molecule has 1 heterocycles. The summed E-state index contributed by atoms with van der Waals surface area (Å²) < 4.78 is 43.7. The molecule has 1 aromatic heterocycles. The second kappa shape index (κ2) is 5.59. The van der Waals surface area contributed by atoms with Crippen LogP contribution in [0.3, 0.4) is 0 Å². The van der Waals surface area contributed by atoms with Gasteiger partial charge in [0.2, 0.25) is 5.82 Å². The molecule has 0 saturated carbocycles. The summed E-state index contributed by atoms with van der Waals surface area (Å²) in [7, 11) is 0. The van der Waals surface area contributed by atoms with Gasteiger partial charge in [-0.2, -0.15) is 13.2 Å². The molecule has 0 amide bonds. The van der Waals surface area contributed by atoms with E-state index < -0.39 is 17.6 Å². The molecule has 2 rings (SSSR count). The molecule has 0 fully saturated rings. The Bertz CT molecular complexity index is 693. The van der Waals surface area contributed by atoms with E-state index in [1.807, 2.05) is 0 Å². The number of H-pyrrole nitrogens is 1. The fourth-order valence-corrected chi connectivity index (χ4v) is 1.76. The Morgan fingerprint density at radius 1 is 1.24 bits per heavy atom. The molecule has 0 atom stereocenters. The lowest BCUT2D eigenvalue weighted by Crippen LogP contribution is -2.19. The predicted molar refractivity (Wildman–Crippen MR) is 71.1 cm³/mol. The fraction of sp³-hybridized carbons (Fsp3) is 0.286. The molecule has 0 aliphatic rings. The molecule has 2 aromatic rings. The lowest BCUT2D eigenvalue weighted by Gasteiger charge is -2.14. The summed E-state index contributed by atoms with van der Waals surface area (Å²) in [5.41, 5.74) is -0.614. The highest BCUT2D eigenvalue weighted by Crippen LogP contribution is 2.31. The molecule has 0 radical (unpaired) electrons. The Balaban J connectivity index is 2.57. The van der Waals surface area contributed by atoms with E-state index in [0.29, 0.717) is 11.3 Å². The first-order valence-electron chi connectivity index (χ1n) is 6.22. The smallest absolute Gasteiger partial charge is 0.449 e. The molecule has 0 bridgehead atoms. The largest absolute Gasteiger partial charge is 0.490 e. The van der Waals surface area contributed by atoms with Crippen LogP contribution in [0.1, 0.15) is 19.7 Å². The van der Waals surface area contributed by atoms with E-state index in [0.717, 1.165) is 6.07 Å². The third kappa shape index (κ3) is 3.62. The first-order valence-corrected chi connectivity index (χ1v) is 6.22. The maximum atomic E-state index is 12.7. The minimum Gasteiger partial charge on any atom is -0.490 e. The number of para-hydroxylation sites is 1. The Labute approximate surface area is 118 Å². The van der Waals surface area contributed by atoms with Crippen LogP contribution in [0.2, 0.25) is 0 Å². The van der Waals surface area contributed by atoms with Crippen LogP contribution in [0.15, 0.2) is 35.1 Å². The van der Waals surface area contributed by atoms with Gasteiger partial charge in [0.15, 0.2) is 0 Å². The van der Waals surface area contributed by atoms with E-state index in [-0.39, 0.29) is 11.8 Å². The maximum absolute atomic E-state index is 12.7. The first-order chi connectivity index (χ1) is 9.77. The van der Waals surface area contributed by atoms with Crippen molar-refractivity contribution in [2.24, 2.45) is 0 Å². The van der Waals surface area contributed by atoms with Crippen LogP contribution in [0.4, 0.5) is 13.2 Å². The van der Waals surface area contributed by atoms with Gasteiger partial charge in [0, 0.05) is 11.6 Å². The van der Waals surface area contributed by atoms with Crippen molar-refractivity contribution in [1.82, 2.24) is 9.97 Å². The summed E-state index contributed by atoms with van der Waals surface area (Å²) in [6.45, 7) is 3.59. The summed E-state index contributed by atoms with van der Waals surface area (Å²) >= 11 is 0. The number of nitrogens with one attached hydrogen (secondary N) is 1. The number of aromatic amines is 1. The van der Waals surface area contributed by atoms with E-state index in [2.05, 4.69) is 4.98 Å². The topological polar surface area (TPSA) is 55.0 Å². The van der Waals surface area contributed by atoms with Crippen molar-refractivity contribution in [2.45, 2.75) is 26.1 Å². The number of rotatable bonds is 3. The summed E-state index contributed by atoms with van der Waals surface area (Å²) in [6.07, 6.45) is -4.88. The molecule has 0 aliphatic carbocycles. The molecule has 0 unspecified atom stereocenters. The van der Waals surface area contributed by atoms with Crippen LogP contribution in [0.5, 0.6) is 5.75 Å². The number of ether oxygens (including phenoxy) is 1. The second-order valence-corrected chi connectivity index (χ2v) is 4.64. The Morgan fingerprint density at radius 2 is 1.90 bits per heavy atom. The second-order valence-electron chi connectivity index (χ2n) is 4.64. The zero-order valence-corrected chi connectivity index (χ0v) is 11.4. The fourth-order valence-electron chi connectivity index (χ4n) is 1.76. The van der Waals surface area contributed by atoms with Gasteiger partial charge >= 0.3 is 6.18 Å². The van der Waals surface area contributed by atoms with Crippen LogP contribution < -0.4 is 10.3 Å². The van der Waals surface area contributed by atoms with Crippen molar-refractivity contribution in [2.75, 3.05) is 0 Å². The quantitative estimate of drug-likeness (QED) is 0.946. The summed E-state index contributed by atoms with van der Waals surface area (Å²) in [4.78, 5) is 16.6. The van der Waals surface area contributed by atoms with Crippen molar-refractivity contribution in [3.8, 4) is 17.0 Å². The van der Waals surface area contributed by atoms with Gasteiger partial charge in [0.25, 0.3) is 5.56 Å². The highest BCUT2D eigenvalue weighted by molar-refractivity contribution is 5.66. The normalized spacial score (nSPS) is 11.7. The van der Waals surface area contributed by atoms with Crippen LogP contribution in [0.25, 0.3) is 11.3 Å². The van der Waals surface area contributed by atoms with Crippen LogP contribution in [-0.4, -0.2) is 16.1 Å². The van der Waals surface area contributed by atoms with Crippen molar-refractivity contribution < 1.29 is 17.9 Å². The van der Waals surface area contributed by atoms with Gasteiger partial charge < -0.3 is 9.72 Å². The predicted octanol–water partition coefficient (Wildman–Crippen LogP) is 3.24. The Kier molecular flexibility index (Phi) is 4.02. The number of hydrogen-bond donors (Lipinski definition) is 1. The van der Waals surface area contributed by atoms with Crippen LogP contribution in [0, 0.1) is 0 Å². The zero-order valence-electron chi connectivity index (χ0n) is 11.4. The molecule has 0 saturated heterocycles. The third-order valence-electron chi connectivity index (χ3n) is 2.54. The van der Waals surface area contributed by atoms with Crippen LogP contribution >= 0.6 is 0 Å². The minimum atomic E-state index is -4.72. The molecule has 0 spiro atoms. The van der Waals surface area contributed by atoms with Gasteiger partial charge in [-0.15, -0.1) is 0 Å². The van der Waals surface area contributed by atoms with Gasteiger partial charge in [-0.05, 0) is 26.0 Å². The zero-order chi connectivity index (χ0) is 15.6. The van der Waals surface area contributed by atoms with E-state index in [1.54, 1.807) is 43.1 Å². The van der Waals surface area contributed by atoms with E-state index in [4.69, 9.17) is 4.74 Å². The van der Waals surface area contributed by atoms with E-state index in [1.165, 1.54) is 0 Å². The molecule has 4 nitrogen and oxygen atoms in total. The SMILES string of the molecule is CC(C)Oc1ccccc1-c1cc(=O)[nH]c(C(F)(F)F)n1. The molecule has 1 N–H and O–H groups in total. The number of aromatic nitrogens is 2. The number of alkyl halides is 3. The number of nitrogens with zero attached hydrogens (tertiary/aromatic N) is 1. The number of benzene rings is 1. The average molecular weight is 298 g/mol. The van der Waals surface area contributed by atoms with Crippen LogP contribution in [-0.2, 0) is 6.18 Å². The standard InChI is InChI=1S/C14H13F3N2O2/c1-8(2)21-11-6-4-3-5-9(11)10-7-12(20)19-13(18-10)14(15,16)17/h3-8H,1-2H3,(H,18,19,20). The monoisotopic (exact) mass is 298 g/mol. The van der Waals surface area contributed by atoms with Gasteiger partial charge in [0.1, 0.15) is 5.75 Å². The first kappa shape index (κ1) is 15.1. The highest BCUT2D eigenvalue weighted by Gasteiger charge is 2.34.